The number of nitrogens with one attached hydrogen (secondary N) is 3. The lowest BCUT2D eigenvalue weighted by Gasteiger charge is -2.26. The molecule has 0 bridgehead atoms. The second-order valence-electron chi connectivity index (χ2n) is 8.09. The van der Waals surface area contributed by atoms with Gasteiger partial charge in [-0.2, -0.15) is 0 Å². The molecule has 10 N–H and O–H groups in total. The maximum Gasteiger partial charge on any atom is 0.326 e. The van der Waals surface area contributed by atoms with E-state index < -0.39 is 72.3 Å². The maximum absolute atomic E-state index is 12.7. The van der Waals surface area contributed by atoms with Crippen LogP contribution in [0.5, 0.6) is 0 Å². The average molecular weight is 510 g/mol. The molecule has 5 unspecified atom stereocenters. The predicted molar refractivity (Wildman–Crippen MR) is 124 cm³/mol. The molecule has 1 aromatic rings. The normalized spacial score (nSPS) is 14.9. The topological polar surface area (TPSA) is 251 Å². The molecule has 0 radical (unpaired) electrons. The number of benzene rings is 1. The van der Waals surface area contributed by atoms with E-state index in [4.69, 9.17) is 16.6 Å². The fourth-order valence-corrected chi connectivity index (χ4v) is 3.06. The van der Waals surface area contributed by atoms with Crippen LogP contribution in [0.25, 0.3) is 0 Å². The summed E-state index contributed by atoms with van der Waals surface area (Å²) in [4.78, 5) is 71.4. The number of hydrogen-bond acceptors (Lipinski definition) is 8. The number of primary amides is 1. The molecule has 14 nitrogen and oxygen atoms in total. The first-order valence-electron chi connectivity index (χ1n) is 10.9. The average Bonchev–Trinajstić information content (AvgIpc) is 2.79. The SMILES string of the molecule is CC(O)C(NC(=O)C(CC(=O)O)NC(=O)C(N)CCC(N)=O)C(=O)NC(Cc1ccccc1)C(=O)O. The van der Waals surface area contributed by atoms with E-state index in [1.54, 1.807) is 30.3 Å². The van der Waals surface area contributed by atoms with Crippen LogP contribution in [0.3, 0.4) is 0 Å². The van der Waals surface area contributed by atoms with Crippen molar-refractivity contribution in [3.8, 4) is 0 Å². The summed E-state index contributed by atoms with van der Waals surface area (Å²) >= 11 is 0. The van der Waals surface area contributed by atoms with Crippen LogP contribution in [-0.2, 0) is 35.2 Å². The zero-order chi connectivity index (χ0) is 27.4. The Hall–Kier alpha value is -4.04. The zero-order valence-corrected chi connectivity index (χ0v) is 19.5. The van der Waals surface area contributed by atoms with E-state index in [1.807, 2.05) is 0 Å². The number of aliphatic hydroxyl groups is 1. The first-order valence-corrected chi connectivity index (χ1v) is 10.9. The Balaban J connectivity index is 2.94. The third-order valence-corrected chi connectivity index (χ3v) is 5.01. The van der Waals surface area contributed by atoms with Gasteiger partial charge in [-0.3, -0.25) is 24.0 Å². The van der Waals surface area contributed by atoms with Crippen molar-refractivity contribution in [2.24, 2.45) is 11.5 Å². The van der Waals surface area contributed by atoms with Crippen molar-refractivity contribution in [2.75, 3.05) is 0 Å². The van der Waals surface area contributed by atoms with E-state index in [9.17, 15) is 39.0 Å². The van der Waals surface area contributed by atoms with Crippen LogP contribution in [0.1, 0.15) is 31.7 Å². The highest BCUT2D eigenvalue weighted by molar-refractivity contribution is 5.96. The number of amides is 4. The fraction of sp³-hybridized carbons (Fsp3) is 0.455. The minimum atomic E-state index is -1.69. The van der Waals surface area contributed by atoms with Crippen LogP contribution in [0.2, 0.25) is 0 Å². The van der Waals surface area contributed by atoms with Crippen molar-refractivity contribution in [1.29, 1.82) is 0 Å². The Bertz CT molecular complexity index is 954. The highest BCUT2D eigenvalue weighted by atomic mass is 16.4. The van der Waals surface area contributed by atoms with Crippen LogP contribution in [0.15, 0.2) is 30.3 Å². The lowest BCUT2D eigenvalue weighted by Crippen LogP contribution is -2.60. The highest BCUT2D eigenvalue weighted by Gasteiger charge is 2.33. The number of aliphatic carboxylic acids is 2. The zero-order valence-electron chi connectivity index (χ0n) is 19.5. The van der Waals surface area contributed by atoms with E-state index in [0.717, 1.165) is 6.92 Å². The lowest BCUT2D eigenvalue weighted by atomic mass is 10.0. The van der Waals surface area contributed by atoms with Gasteiger partial charge in [0.1, 0.15) is 18.1 Å². The Morgan fingerprint density at radius 3 is 1.97 bits per heavy atom. The molecule has 0 saturated carbocycles. The minimum absolute atomic E-state index is 0.0801. The molecule has 0 aromatic heterocycles. The lowest BCUT2D eigenvalue weighted by molar-refractivity contribution is -0.144. The molecule has 4 amide bonds. The van der Waals surface area contributed by atoms with Gasteiger partial charge in [0.2, 0.25) is 23.6 Å². The van der Waals surface area contributed by atoms with Gasteiger partial charge in [-0.05, 0) is 18.9 Å². The number of rotatable bonds is 15. The molecule has 36 heavy (non-hydrogen) atoms. The van der Waals surface area contributed by atoms with Gasteiger partial charge >= 0.3 is 11.9 Å². The molecule has 14 heteroatoms. The van der Waals surface area contributed by atoms with E-state index in [2.05, 4.69) is 16.0 Å². The van der Waals surface area contributed by atoms with Gasteiger partial charge in [0, 0.05) is 12.8 Å². The van der Waals surface area contributed by atoms with Crippen LogP contribution < -0.4 is 27.4 Å². The molecule has 198 valence electrons. The monoisotopic (exact) mass is 509 g/mol. The molecule has 0 spiro atoms. The smallest absolute Gasteiger partial charge is 0.326 e. The van der Waals surface area contributed by atoms with E-state index in [-0.39, 0.29) is 19.3 Å². The van der Waals surface area contributed by atoms with Gasteiger partial charge in [0.15, 0.2) is 0 Å². The fourth-order valence-electron chi connectivity index (χ4n) is 3.06. The third kappa shape index (κ3) is 10.5. The Labute approximate surface area is 206 Å². The maximum atomic E-state index is 12.7. The molecule has 0 heterocycles. The number of carboxylic acid groups (broad SMARTS) is 2. The second-order valence-corrected chi connectivity index (χ2v) is 8.09. The standard InChI is InChI=1S/C22H31N5O9/c1-11(28)18(21(34)26-15(22(35)36)9-12-5-3-2-4-6-12)27-20(33)14(10-17(30)31)25-19(32)13(23)7-8-16(24)29/h2-6,11,13-15,18,28H,7-10,23H2,1H3,(H2,24,29)(H,25,32)(H,26,34)(H,27,33)(H,30,31)(H,35,36). The molecule has 5 atom stereocenters. The quantitative estimate of drug-likeness (QED) is 0.121. The molecule has 1 rings (SSSR count). The molecule has 0 aliphatic carbocycles. The summed E-state index contributed by atoms with van der Waals surface area (Å²) in [6, 6.07) is 2.38. The number of aliphatic hydroxyl groups excluding tert-OH is 1. The van der Waals surface area contributed by atoms with Crippen molar-refractivity contribution in [1.82, 2.24) is 16.0 Å². The number of carbonyl (C=O) groups excluding carboxylic acids is 4. The van der Waals surface area contributed by atoms with E-state index in [1.165, 1.54) is 0 Å². The van der Waals surface area contributed by atoms with Gasteiger partial charge in [0.05, 0.1) is 18.6 Å². The summed E-state index contributed by atoms with van der Waals surface area (Å²) in [6.45, 7) is 1.15. The molecule has 0 saturated heterocycles. The van der Waals surface area contributed by atoms with Gasteiger partial charge in [-0.25, -0.2) is 4.79 Å². The van der Waals surface area contributed by atoms with Crippen LogP contribution in [-0.4, -0.2) is 81.2 Å². The van der Waals surface area contributed by atoms with Gasteiger partial charge in [-0.1, -0.05) is 30.3 Å². The number of hydrogen-bond donors (Lipinski definition) is 8. The van der Waals surface area contributed by atoms with Crippen LogP contribution in [0.4, 0.5) is 0 Å². The first kappa shape index (κ1) is 30.0. The largest absolute Gasteiger partial charge is 0.481 e. The van der Waals surface area contributed by atoms with Crippen LogP contribution >= 0.6 is 0 Å². The van der Waals surface area contributed by atoms with Crippen molar-refractivity contribution >= 4 is 35.6 Å². The molecule has 1 aromatic carbocycles. The molecule has 0 aliphatic heterocycles. The number of carbonyl (C=O) groups is 6. The number of carboxylic acids is 2. The Morgan fingerprint density at radius 2 is 1.47 bits per heavy atom. The highest BCUT2D eigenvalue weighted by Crippen LogP contribution is 2.06. The summed E-state index contributed by atoms with van der Waals surface area (Å²) < 4.78 is 0. The molecule has 0 aliphatic rings. The minimum Gasteiger partial charge on any atom is -0.481 e. The van der Waals surface area contributed by atoms with Crippen LogP contribution in [0, 0.1) is 0 Å². The Kier molecular flexibility index (Phi) is 12.0. The van der Waals surface area contributed by atoms with Gasteiger partial charge in [-0.15, -0.1) is 0 Å². The summed E-state index contributed by atoms with van der Waals surface area (Å²) in [7, 11) is 0. The molecule has 0 fully saturated rings. The first-order chi connectivity index (χ1) is 16.8. The van der Waals surface area contributed by atoms with Crippen molar-refractivity contribution in [3.05, 3.63) is 35.9 Å². The predicted octanol–water partition coefficient (Wildman–Crippen LogP) is -2.78. The van der Waals surface area contributed by atoms with E-state index >= 15 is 0 Å². The van der Waals surface area contributed by atoms with E-state index in [0.29, 0.717) is 5.56 Å². The van der Waals surface area contributed by atoms with Gasteiger partial charge in [0.25, 0.3) is 0 Å². The summed E-state index contributed by atoms with van der Waals surface area (Å²) in [6.07, 6.45) is -2.86. The summed E-state index contributed by atoms with van der Waals surface area (Å²) in [5, 5.41) is 35.1. The summed E-state index contributed by atoms with van der Waals surface area (Å²) in [5.74, 6) is -6.65. The Morgan fingerprint density at radius 1 is 0.889 bits per heavy atom. The van der Waals surface area contributed by atoms with Crippen molar-refractivity contribution < 1.29 is 44.1 Å². The van der Waals surface area contributed by atoms with Crippen molar-refractivity contribution in [3.63, 3.8) is 0 Å². The van der Waals surface area contributed by atoms with Crippen molar-refractivity contribution in [2.45, 2.75) is 62.9 Å². The molecular formula is C22H31N5O9. The van der Waals surface area contributed by atoms with Gasteiger partial charge < -0.3 is 42.7 Å². The second kappa shape index (κ2) is 14.4. The summed E-state index contributed by atoms with van der Waals surface area (Å²) in [5.41, 5.74) is 11.2. The molecular weight excluding hydrogens is 478 g/mol. The number of nitrogens with two attached hydrogens (primary N) is 2. The third-order valence-electron chi connectivity index (χ3n) is 5.01.